The molecule has 0 amide bonds. The van der Waals surface area contributed by atoms with Gasteiger partial charge in [0.1, 0.15) is 0 Å². The summed E-state index contributed by atoms with van der Waals surface area (Å²) < 4.78 is 4.58. The third-order valence-electron chi connectivity index (χ3n) is 2.87. The highest BCUT2D eigenvalue weighted by Gasteiger charge is 1.96. The first-order chi connectivity index (χ1) is 8.31. The first-order valence-electron chi connectivity index (χ1n) is 7.03. The van der Waals surface area contributed by atoms with Crippen LogP contribution in [-0.4, -0.2) is 13.1 Å². The van der Waals surface area contributed by atoms with Crippen LogP contribution in [0.2, 0.25) is 0 Å². The largest absolute Gasteiger partial charge is 0.469 e. The van der Waals surface area contributed by atoms with Crippen LogP contribution in [0.5, 0.6) is 0 Å². The molecule has 0 rings (SSSR count). The molecule has 0 heterocycles. The summed E-state index contributed by atoms with van der Waals surface area (Å²) in [4.78, 5) is 10.8. The molecular weight excluding hydrogens is 212 g/mol. The lowest BCUT2D eigenvalue weighted by Gasteiger charge is -1.98. The molecule has 0 N–H and O–H groups in total. The van der Waals surface area contributed by atoms with Gasteiger partial charge in [-0.25, -0.2) is 0 Å². The molecule has 2 heteroatoms. The van der Waals surface area contributed by atoms with Gasteiger partial charge in [-0.2, -0.15) is 0 Å². The van der Waals surface area contributed by atoms with Crippen LogP contribution >= 0.6 is 0 Å². The SMILES string of the molecule is CCCCCCCC/C=C\CCCC(=O)OC. The summed E-state index contributed by atoms with van der Waals surface area (Å²) in [5.41, 5.74) is 0. The second-order valence-electron chi connectivity index (χ2n) is 4.50. The van der Waals surface area contributed by atoms with E-state index in [1.165, 1.54) is 52.1 Å². The number of hydrogen-bond acceptors (Lipinski definition) is 2. The van der Waals surface area contributed by atoms with Gasteiger partial charge in [0.25, 0.3) is 0 Å². The minimum Gasteiger partial charge on any atom is -0.469 e. The van der Waals surface area contributed by atoms with Gasteiger partial charge < -0.3 is 4.74 Å². The van der Waals surface area contributed by atoms with Crippen molar-refractivity contribution in [2.24, 2.45) is 0 Å². The van der Waals surface area contributed by atoms with Crippen LogP contribution in [0.25, 0.3) is 0 Å². The van der Waals surface area contributed by atoms with E-state index in [1.54, 1.807) is 0 Å². The lowest BCUT2D eigenvalue weighted by molar-refractivity contribution is -0.140. The Hall–Kier alpha value is -0.790. The third kappa shape index (κ3) is 13.1. The Kier molecular flexibility index (Phi) is 12.7. The normalized spacial score (nSPS) is 10.9. The molecule has 0 aromatic carbocycles. The Morgan fingerprint density at radius 2 is 1.53 bits per heavy atom. The van der Waals surface area contributed by atoms with Crippen LogP contribution in [0.4, 0.5) is 0 Å². The second-order valence-corrected chi connectivity index (χ2v) is 4.50. The zero-order valence-electron chi connectivity index (χ0n) is 11.5. The highest BCUT2D eigenvalue weighted by Crippen LogP contribution is 2.07. The van der Waals surface area contributed by atoms with E-state index in [0.29, 0.717) is 6.42 Å². The first kappa shape index (κ1) is 16.2. The zero-order valence-corrected chi connectivity index (χ0v) is 11.5. The van der Waals surface area contributed by atoms with E-state index >= 15 is 0 Å². The molecule has 0 atom stereocenters. The van der Waals surface area contributed by atoms with Gasteiger partial charge in [-0.1, -0.05) is 51.2 Å². The fourth-order valence-corrected chi connectivity index (χ4v) is 1.74. The molecule has 0 aliphatic carbocycles. The summed E-state index contributed by atoms with van der Waals surface area (Å²) in [5, 5.41) is 0. The molecule has 0 radical (unpaired) electrons. The van der Waals surface area contributed by atoms with Gasteiger partial charge in [-0.3, -0.25) is 4.79 Å². The standard InChI is InChI=1S/C15H28O2/c1-3-4-5-6-7-8-9-10-11-12-13-14-15(16)17-2/h10-11H,3-9,12-14H2,1-2H3/b11-10-. The van der Waals surface area contributed by atoms with Crippen molar-refractivity contribution in [2.75, 3.05) is 7.11 Å². The number of unbranched alkanes of at least 4 members (excludes halogenated alkanes) is 7. The van der Waals surface area contributed by atoms with Crippen LogP contribution in [0.3, 0.4) is 0 Å². The summed E-state index contributed by atoms with van der Waals surface area (Å²) in [6.07, 6.45) is 16.2. The van der Waals surface area contributed by atoms with Crippen LogP contribution in [0.1, 0.15) is 71.1 Å². The topological polar surface area (TPSA) is 26.3 Å². The maximum Gasteiger partial charge on any atom is 0.305 e. The molecule has 100 valence electrons. The van der Waals surface area contributed by atoms with Crippen molar-refractivity contribution in [2.45, 2.75) is 71.1 Å². The number of carbonyl (C=O) groups is 1. The van der Waals surface area contributed by atoms with E-state index in [2.05, 4.69) is 23.8 Å². The number of ether oxygens (including phenoxy) is 1. The minimum atomic E-state index is -0.102. The molecule has 17 heavy (non-hydrogen) atoms. The van der Waals surface area contributed by atoms with Crippen molar-refractivity contribution >= 4 is 5.97 Å². The van der Waals surface area contributed by atoms with Crippen molar-refractivity contribution < 1.29 is 9.53 Å². The van der Waals surface area contributed by atoms with Gasteiger partial charge >= 0.3 is 5.97 Å². The molecule has 0 aromatic heterocycles. The molecule has 0 aromatic rings. The summed E-state index contributed by atoms with van der Waals surface area (Å²) in [6, 6.07) is 0. The maximum absolute atomic E-state index is 10.8. The van der Waals surface area contributed by atoms with Gasteiger partial charge in [-0.05, 0) is 25.7 Å². The number of esters is 1. The number of rotatable bonds is 11. The summed E-state index contributed by atoms with van der Waals surface area (Å²) >= 11 is 0. The average molecular weight is 240 g/mol. The number of hydrogen-bond donors (Lipinski definition) is 0. The molecule has 0 aliphatic rings. The van der Waals surface area contributed by atoms with E-state index in [-0.39, 0.29) is 5.97 Å². The van der Waals surface area contributed by atoms with Crippen LogP contribution in [0.15, 0.2) is 12.2 Å². The van der Waals surface area contributed by atoms with Crippen molar-refractivity contribution in [3.63, 3.8) is 0 Å². The number of carbonyl (C=O) groups excluding carboxylic acids is 1. The minimum absolute atomic E-state index is 0.102. The Bertz CT molecular complexity index is 197. The highest BCUT2D eigenvalue weighted by molar-refractivity contribution is 5.68. The Morgan fingerprint density at radius 1 is 0.941 bits per heavy atom. The average Bonchev–Trinajstić information content (AvgIpc) is 2.35. The van der Waals surface area contributed by atoms with Gasteiger partial charge in [-0.15, -0.1) is 0 Å². The monoisotopic (exact) mass is 240 g/mol. The fraction of sp³-hybridized carbons (Fsp3) is 0.800. The van der Waals surface area contributed by atoms with E-state index in [9.17, 15) is 4.79 Å². The van der Waals surface area contributed by atoms with Gasteiger partial charge in [0, 0.05) is 6.42 Å². The maximum atomic E-state index is 10.8. The number of allylic oxidation sites excluding steroid dienone is 2. The van der Waals surface area contributed by atoms with Crippen molar-refractivity contribution in [3.05, 3.63) is 12.2 Å². The van der Waals surface area contributed by atoms with Gasteiger partial charge in [0.05, 0.1) is 7.11 Å². The lowest BCUT2D eigenvalue weighted by atomic mass is 10.1. The smallest absolute Gasteiger partial charge is 0.305 e. The molecule has 0 unspecified atom stereocenters. The molecule has 0 saturated heterocycles. The lowest BCUT2D eigenvalue weighted by Crippen LogP contribution is -1.98. The zero-order chi connectivity index (χ0) is 12.8. The predicted molar refractivity (Wildman–Crippen MR) is 73.0 cm³/mol. The molecule has 0 saturated carbocycles. The summed E-state index contributed by atoms with van der Waals surface area (Å²) in [6.45, 7) is 2.25. The first-order valence-corrected chi connectivity index (χ1v) is 7.03. The Morgan fingerprint density at radius 3 is 2.18 bits per heavy atom. The van der Waals surface area contributed by atoms with Crippen molar-refractivity contribution in [1.29, 1.82) is 0 Å². The third-order valence-corrected chi connectivity index (χ3v) is 2.87. The number of methoxy groups -OCH3 is 1. The van der Waals surface area contributed by atoms with E-state index < -0.39 is 0 Å². The molecule has 0 fully saturated rings. The van der Waals surface area contributed by atoms with Gasteiger partial charge in [0.2, 0.25) is 0 Å². The Labute approximate surface area is 106 Å². The van der Waals surface area contributed by atoms with Crippen LogP contribution in [-0.2, 0) is 9.53 Å². The van der Waals surface area contributed by atoms with E-state index in [0.717, 1.165) is 12.8 Å². The van der Waals surface area contributed by atoms with E-state index in [1.807, 2.05) is 0 Å². The molecule has 0 aliphatic heterocycles. The fourth-order valence-electron chi connectivity index (χ4n) is 1.74. The van der Waals surface area contributed by atoms with Crippen molar-refractivity contribution in [3.8, 4) is 0 Å². The summed E-state index contributed by atoms with van der Waals surface area (Å²) in [5.74, 6) is -0.102. The van der Waals surface area contributed by atoms with Crippen LogP contribution in [0, 0.1) is 0 Å². The molecular formula is C15H28O2. The predicted octanol–water partition coefficient (Wildman–Crippen LogP) is 4.64. The Balaban J connectivity index is 3.12. The molecule has 0 spiro atoms. The highest BCUT2D eigenvalue weighted by atomic mass is 16.5. The van der Waals surface area contributed by atoms with Crippen LogP contribution < -0.4 is 0 Å². The molecule has 2 nitrogen and oxygen atoms in total. The quantitative estimate of drug-likeness (QED) is 0.299. The second kappa shape index (κ2) is 13.3. The molecule has 0 bridgehead atoms. The summed E-state index contributed by atoms with van der Waals surface area (Å²) in [7, 11) is 1.44. The van der Waals surface area contributed by atoms with Crippen molar-refractivity contribution in [1.82, 2.24) is 0 Å². The van der Waals surface area contributed by atoms with Gasteiger partial charge in [0.15, 0.2) is 0 Å². The van der Waals surface area contributed by atoms with E-state index in [4.69, 9.17) is 0 Å².